The van der Waals surface area contributed by atoms with Crippen LogP contribution >= 0.6 is 23.9 Å². The number of hydrogen-bond acceptors (Lipinski definition) is 9. The SMILES string of the molecule is COc1cnn(-c2ccc(Nc3nc(Nc4cc(C)c(N5CCN(C6CCCC6)CC5)cc4OC)ncc3Br)c(P(C)C)c2)c1. The Morgan fingerprint density at radius 1 is 0.933 bits per heavy atom. The quantitative estimate of drug-likeness (QED) is 0.177. The third-order valence-electron chi connectivity index (χ3n) is 8.78. The van der Waals surface area contributed by atoms with Gasteiger partial charge in [-0.25, -0.2) is 9.67 Å². The van der Waals surface area contributed by atoms with Crippen LogP contribution < -0.4 is 30.3 Å². The van der Waals surface area contributed by atoms with Gasteiger partial charge in [0.05, 0.1) is 42.5 Å². The number of anilines is 5. The molecule has 1 saturated heterocycles. The van der Waals surface area contributed by atoms with Crippen LogP contribution in [0.3, 0.4) is 0 Å². The lowest BCUT2D eigenvalue weighted by Crippen LogP contribution is -2.49. The summed E-state index contributed by atoms with van der Waals surface area (Å²) in [7, 11) is 2.93. The first-order valence-electron chi connectivity index (χ1n) is 15.5. The molecule has 1 aliphatic heterocycles. The van der Waals surface area contributed by atoms with Crippen LogP contribution in [0.4, 0.5) is 28.8 Å². The van der Waals surface area contributed by atoms with E-state index in [1.807, 2.05) is 16.9 Å². The van der Waals surface area contributed by atoms with Crippen molar-refractivity contribution >= 4 is 58.0 Å². The molecule has 2 aromatic carbocycles. The van der Waals surface area contributed by atoms with Gasteiger partial charge < -0.3 is 25.0 Å². The lowest BCUT2D eigenvalue weighted by Gasteiger charge is -2.39. The van der Waals surface area contributed by atoms with Gasteiger partial charge in [0.2, 0.25) is 5.95 Å². The van der Waals surface area contributed by atoms with E-state index in [0.29, 0.717) is 11.8 Å². The fourth-order valence-corrected chi connectivity index (χ4v) is 7.63. The first kappa shape index (κ1) is 31.6. The van der Waals surface area contributed by atoms with Crippen LogP contribution in [-0.2, 0) is 0 Å². The molecule has 3 heterocycles. The number of methoxy groups -OCH3 is 2. The maximum absolute atomic E-state index is 5.86. The minimum absolute atomic E-state index is 0.430. The van der Waals surface area contributed by atoms with Gasteiger partial charge in [-0.2, -0.15) is 10.1 Å². The number of halogens is 1. The van der Waals surface area contributed by atoms with Crippen molar-refractivity contribution in [1.29, 1.82) is 0 Å². The van der Waals surface area contributed by atoms with Gasteiger partial charge in [-0.3, -0.25) is 4.90 Å². The van der Waals surface area contributed by atoms with Crippen molar-refractivity contribution in [2.24, 2.45) is 0 Å². The van der Waals surface area contributed by atoms with Crippen molar-refractivity contribution in [3.8, 4) is 17.2 Å². The molecule has 0 unspecified atom stereocenters. The second kappa shape index (κ2) is 13.9. The summed E-state index contributed by atoms with van der Waals surface area (Å²) in [6, 6.07) is 11.3. The molecule has 4 aromatic rings. The molecule has 0 spiro atoms. The van der Waals surface area contributed by atoms with Gasteiger partial charge in [0.1, 0.15) is 11.6 Å². The first-order valence-corrected chi connectivity index (χ1v) is 18.5. The van der Waals surface area contributed by atoms with Crippen LogP contribution in [0.1, 0.15) is 31.2 Å². The molecule has 238 valence electrons. The number of ether oxygens (including phenoxy) is 2. The minimum Gasteiger partial charge on any atom is -0.494 e. The molecule has 2 aliphatic rings. The van der Waals surface area contributed by atoms with E-state index in [1.54, 1.807) is 26.6 Å². The number of hydrogen-bond donors (Lipinski definition) is 2. The van der Waals surface area contributed by atoms with Crippen LogP contribution in [-0.4, -0.2) is 84.4 Å². The molecular weight excluding hydrogens is 651 g/mol. The van der Waals surface area contributed by atoms with E-state index >= 15 is 0 Å². The zero-order valence-electron chi connectivity index (χ0n) is 26.7. The molecule has 12 heteroatoms. The number of nitrogens with one attached hydrogen (secondary N) is 2. The first-order chi connectivity index (χ1) is 21.8. The maximum atomic E-state index is 5.86. The van der Waals surface area contributed by atoms with E-state index in [9.17, 15) is 0 Å². The Morgan fingerprint density at radius 2 is 1.71 bits per heavy atom. The maximum Gasteiger partial charge on any atom is 0.229 e. The fourth-order valence-electron chi connectivity index (χ4n) is 6.34. The second-order valence-corrected chi connectivity index (χ2v) is 15.0. The van der Waals surface area contributed by atoms with Crippen molar-refractivity contribution < 1.29 is 9.47 Å². The molecule has 0 radical (unpaired) electrons. The minimum atomic E-state index is -0.430. The van der Waals surface area contributed by atoms with Gasteiger partial charge in [-0.1, -0.05) is 20.8 Å². The van der Waals surface area contributed by atoms with Crippen molar-refractivity contribution in [1.82, 2.24) is 24.6 Å². The summed E-state index contributed by atoms with van der Waals surface area (Å²) in [6.45, 7) is 10.9. The van der Waals surface area contributed by atoms with Gasteiger partial charge >= 0.3 is 0 Å². The topological polar surface area (TPSA) is 92.6 Å². The average molecular weight is 694 g/mol. The Morgan fingerprint density at radius 3 is 2.40 bits per heavy atom. The molecule has 1 saturated carbocycles. The molecule has 45 heavy (non-hydrogen) atoms. The zero-order chi connectivity index (χ0) is 31.5. The van der Waals surface area contributed by atoms with E-state index in [1.165, 1.54) is 42.2 Å². The highest BCUT2D eigenvalue weighted by molar-refractivity contribution is 9.10. The Hall–Kier alpha value is -3.40. The highest BCUT2D eigenvalue weighted by Crippen LogP contribution is 2.37. The predicted molar refractivity (Wildman–Crippen MR) is 189 cm³/mol. The average Bonchev–Trinajstić information content (AvgIpc) is 3.76. The Bertz CT molecular complexity index is 1630. The van der Waals surface area contributed by atoms with Gasteiger partial charge in [-0.05, 0) is 78.9 Å². The molecule has 2 N–H and O–H groups in total. The Kier molecular flexibility index (Phi) is 9.78. The summed E-state index contributed by atoms with van der Waals surface area (Å²) in [5, 5.41) is 12.6. The summed E-state index contributed by atoms with van der Waals surface area (Å²) >= 11 is 3.64. The summed E-state index contributed by atoms with van der Waals surface area (Å²) < 4.78 is 13.8. The number of rotatable bonds is 10. The molecule has 2 fully saturated rings. The van der Waals surface area contributed by atoms with Crippen LogP contribution in [0, 0.1) is 6.92 Å². The summed E-state index contributed by atoms with van der Waals surface area (Å²) in [4.78, 5) is 14.6. The number of piperazine rings is 1. The van der Waals surface area contributed by atoms with Gasteiger partial charge in [0.25, 0.3) is 0 Å². The van der Waals surface area contributed by atoms with Gasteiger partial charge in [0.15, 0.2) is 5.75 Å². The fraction of sp³-hybridized carbons (Fsp3) is 0.424. The second-order valence-electron chi connectivity index (χ2n) is 11.9. The van der Waals surface area contributed by atoms with Crippen LogP contribution in [0.15, 0.2) is 53.4 Å². The third kappa shape index (κ3) is 7.05. The monoisotopic (exact) mass is 692 g/mol. The zero-order valence-corrected chi connectivity index (χ0v) is 29.2. The van der Waals surface area contributed by atoms with E-state index in [4.69, 9.17) is 14.5 Å². The summed E-state index contributed by atoms with van der Waals surface area (Å²) in [5.41, 5.74) is 5.22. The molecule has 1 aliphatic carbocycles. The van der Waals surface area contributed by atoms with Crippen molar-refractivity contribution in [3.05, 3.63) is 59.0 Å². The van der Waals surface area contributed by atoms with E-state index in [2.05, 4.69) is 91.0 Å². The normalized spacial score (nSPS) is 15.9. The summed E-state index contributed by atoms with van der Waals surface area (Å²) in [5.74, 6) is 2.64. The highest BCUT2D eigenvalue weighted by Gasteiger charge is 2.27. The molecule has 2 aromatic heterocycles. The lowest BCUT2D eigenvalue weighted by molar-refractivity contribution is 0.187. The van der Waals surface area contributed by atoms with Crippen molar-refractivity contribution in [3.63, 3.8) is 0 Å². The van der Waals surface area contributed by atoms with Gasteiger partial charge in [-0.15, -0.1) is 0 Å². The molecule has 0 amide bonds. The smallest absolute Gasteiger partial charge is 0.229 e. The van der Waals surface area contributed by atoms with E-state index in [0.717, 1.165) is 65.3 Å². The standard InChI is InChI=1S/C33H42BrN8O2P/c1-22-16-28(30(44-3)18-29(22)41-14-12-40(13-15-41)23-8-6-7-9-23)38-33-35-20-26(34)32(39-33)37-27-11-10-24(17-31(27)45(4)5)42-21-25(43-2)19-36-42/h10-11,16-21,23H,6-9,12-15H2,1-5H3,(H2,35,37,38,39). The molecule has 10 nitrogen and oxygen atoms in total. The van der Waals surface area contributed by atoms with Crippen LogP contribution in [0.25, 0.3) is 5.69 Å². The van der Waals surface area contributed by atoms with Crippen LogP contribution in [0.5, 0.6) is 11.5 Å². The molecule has 0 bridgehead atoms. The number of nitrogens with zero attached hydrogens (tertiary/aromatic N) is 6. The molecular formula is C33H42BrN8O2P. The van der Waals surface area contributed by atoms with Gasteiger partial charge in [0, 0.05) is 61.2 Å². The third-order valence-corrected chi connectivity index (χ3v) is 10.7. The predicted octanol–water partition coefficient (Wildman–Crippen LogP) is 6.67. The van der Waals surface area contributed by atoms with Crippen molar-refractivity contribution in [2.45, 2.75) is 38.6 Å². The van der Waals surface area contributed by atoms with Crippen LogP contribution in [0.2, 0.25) is 0 Å². The molecule has 6 rings (SSSR count). The number of benzene rings is 2. The van der Waals surface area contributed by atoms with E-state index in [-0.39, 0.29) is 0 Å². The highest BCUT2D eigenvalue weighted by atomic mass is 79.9. The summed E-state index contributed by atoms with van der Waals surface area (Å²) in [6.07, 6.45) is 10.8. The Labute approximate surface area is 275 Å². The number of aromatic nitrogens is 4. The number of aryl methyl sites for hydroxylation is 1. The Balaban J connectivity index is 1.19. The van der Waals surface area contributed by atoms with Crippen molar-refractivity contribution in [2.75, 3.05) is 69.3 Å². The van der Waals surface area contributed by atoms with E-state index < -0.39 is 7.92 Å². The lowest BCUT2D eigenvalue weighted by atomic mass is 10.1. The largest absolute Gasteiger partial charge is 0.494 e. The molecule has 0 atom stereocenters.